The average Bonchev–Trinajstić information content (AvgIpc) is 3.69. The number of carbonyl (C=O) groups is 1. The molecule has 0 aliphatic rings. The van der Waals surface area contributed by atoms with Crippen LogP contribution in [0, 0.1) is 6.92 Å². The van der Waals surface area contributed by atoms with Gasteiger partial charge in [-0.05, 0) is 48.9 Å². The summed E-state index contributed by atoms with van der Waals surface area (Å²) >= 11 is 0. The maximum atomic E-state index is 12.6. The minimum absolute atomic E-state index is 0.121. The Balaban J connectivity index is 1.59. The third-order valence-electron chi connectivity index (χ3n) is 7.63. The van der Waals surface area contributed by atoms with Crippen LogP contribution in [0.3, 0.4) is 0 Å². The molecule has 7 aromatic rings. The van der Waals surface area contributed by atoms with E-state index in [1.807, 2.05) is 42.0 Å². The first-order valence-corrected chi connectivity index (χ1v) is 12.7. The summed E-state index contributed by atoms with van der Waals surface area (Å²) in [5, 5.41) is 15.5. The van der Waals surface area contributed by atoms with E-state index in [-0.39, 0.29) is 11.3 Å². The average molecular weight is 532 g/mol. The molecular weight excluding hydrogens is 506 g/mol. The number of imidazole rings is 2. The zero-order valence-electron chi connectivity index (χ0n) is 22.3. The van der Waals surface area contributed by atoms with E-state index in [2.05, 4.69) is 28.3 Å². The van der Waals surface area contributed by atoms with E-state index in [1.165, 1.54) is 0 Å². The Labute approximate surface area is 227 Å². The zero-order chi connectivity index (χ0) is 27.9. The van der Waals surface area contributed by atoms with Gasteiger partial charge in [-0.15, -0.1) is 0 Å². The van der Waals surface area contributed by atoms with Gasteiger partial charge in [0.2, 0.25) is 0 Å². The molecule has 4 heterocycles. The topological polar surface area (TPSA) is 116 Å². The molecule has 40 heavy (non-hydrogen) atoms. The van der Waals surface area contributed by atoms with Crippen molar-refractivity contribution in [2.75, 3.05) is 0 Å². The lowest BCUT2D eigenvalue weighted by molar-refractivity contribution is 0.0698. The van der Waals surface area contributed by atoms with Crippen molar-refractivity contribution in [3.63, 3.8) is 0 Å². The quantitative estimate of drug-likeness (QED) is 0.339. The van der Waals surface area contributed by atoms with Crippen LogP contribution in [0.25, 0.3) is 61.2 Å². The number of rotatable bonds is 4. The lowest BCUT2D eigenvalue weighted by atomic mass is 10.0. The Bertz CT molecular complexity index is 2220. The fourth-order valence-corrected chi connectivity index (χ4v) is 5.60. The lowest BCUT2D eigenvalue weighted by Gasteiger charge is -2.11. The molecule has 10 heteroatoms. The van der Waals surface area contributed by atoms with Gasteiger partial charge in [0, 0.05) is 66.8 Å². The summed E-state index contributed by atoms with van der Waals surface area (Å²) in [6.07, 6.45) is 5.37. The number of hydrogen-bond donors (Lipinski definition) is 2. The number of carboxylic acid groups (broad SMARTS) is 1. The number of benzene rings is 3. The van der Waals surface area contributed by atoms with Gasteiger partial charge in [0.15, 0.2) is 0 Å². The second-order valence-electron chi connectivity index (χ2n) is 10.2. The van der Waals surface area contributed by atoms with Gasteiger partial charge in [-0.25, -0.2) is 14.6 Å². The van der Waals surface area contributed by atoms with Gasteiger partial charge in [0.25, 0.3) is 0 Å². The van der Waals surface area contributed by atoms with E-state index in [4.69, 9.17) is 4.98 Å². The fourth-order valence-electron chi connectivity index (χ4n) is 5.60. The highest BCUT2D eigenvalue weighted by Gasteiger charge is 2.23. The molecule has 0 aliphatic carbocycles. The minimum atomic E-state index is -1.04. The summed E-state index contributed by atoms with van der Waals surface area (Å²) in [5.74, 6) is -0.386. The largest absolute Gasteiger partial charge is 0.478 e. The van der Waals surface area contributed by atoms with E-state index in [1.54, 1.807) is 53.4 Å². The van der Waals surface area contributed by atoms with E-state index in [0.29, 0.717) is 28.0 Å². The molecule has 4 aromatic heterocycles. The maximum absolute atomic E-state index is 12.6. The van der Waals surface area contributed by atoms with Gasteiger partial charge in [0.05, 0.1) is 33.8 Å². The number of aryl methyl sites for hydroxylation is 4. The van der Waals surface area contributed by atoms with Crippen LogP contribution >= 0.6 is 0 Å². The van der Waals surface area contributed by atoms with Gasteiger partial charge in [-0.2, -0.15) is 5.10 Å². The third kappa shape index (κ3) is 3.35. The number of H-pyrrole nitrogens is 1. The SMILES string of the molecule is Cc1ccc2c(-c3nc4cc(-c5cnn(C)c5)c(C(=O)O)cc4n3-c3ccc4c(c3)n(C)c(=O)n4C)c[nH]c2c1. The van der Waals surface area contributed by atoms with Crippen LogP contribution in [-0.4, -0.2) is 44.5 Å². The number of nitrogens with zero attached hydrogens (tertiary/aromatic N) is 6. The number of aromatic carboxylic acids is 1. The summed E-state index contributed by atoms with van der Waals surface area (Å²) in [7, 11) is 5.28. The standard InChI is InChI=1S/C30H25N7O3/c1-16-5-7-19-22(14-31-23(19)9-16)28-33-24-11-20(17-13-32-34(2)15-17)21(29(38)39)12-26(24)37(28)18-6-8-25-27(10-18)36(4)30(40)35(25)3/h5-15,31H,1-4H3,(H,38,39). The van der Waals surface area contributed by atoms with Crippen LogP contribution in [0.1, 0.15) is 15.9 Å². The Morgan fingerprint density at radius 3 is 2.48 bits per heavy atom. The molecule has 0 atom stereocenters. The molecule has 0 saturated heterocycles. The van der Waals surface area contributed by atoms with E-state index >= 15 is 0 Å². The van der Waals surface area contributed by atoms with Gasteiger partial charge in [0.1, 0.15) is 5.82 Å². The second kappa shape index (κ2) is 8.31. The normalized spacial score (nSPS) is 11.8. The maximum Gasteiger partial charge on any atom is 0.336 e. The van der Waals surface area contributed by atoms with Crippen LogP contribution in [0.4, 0.5) is 0 Å². The third-order valence-corrected chi connectivity index (χ3v) is 7.63. The monoisotopic (exact) mass is 531 g/mol. The van der Waals surface area contributed by atoms with Crippen molar-refractivity contribution in [2.45, 2.75) is 6.92 Å². The minimum Gasteiger partial charge on any atom is -0.478 e. The van der Waals surface area contributed by atoms with Crippen LogP contribution in [-0.2, 0) is 21.1 Å². The highest BCUT2D eigenvalue weighted by atomic mass is 16.4. The van der Waals surface area contributed by atoms with Crippen molar-refractivity contribution in [3.05, 3.63) is 88.7 Å². The van der Waals surface area contributed by atoms with Crippen LogP contribution in [0.15, 0.2) is 71.9 Å². The number of aromatic amines is 1. The molecule has 2 N–H and O–H groups in total. The molecule has 3 aromatic carbocycles. The Morgan fingerprint density at radius 2 is 1.73 bits per heavy atom. The van der Waals surface area contributed by atoms with Gasteiger partial charge in [-0.1, -0.05) is 12.1 Å². The summed E-state index contributed by atoms with van der Waals surface area (Å²) in [6, 6.07) is 15.5. The summed E-state index contributed by atoms with van der Waals surface area (Å²) in [5.41, 5.74) is 7.87. The van der Waals surface area contributed by atoms with Gasteiger partial charge >= 0.3 is 11.7 Å². The van der Waals surface area contributed by atoms with Crippen LogP contribution in [0.5, 0.6) is 0 Å². The molecule has 0 radical (unpaired) electrons. The predicted octanol–water partition coefficient (Wildman–Crippen LogP) is 4.77. The van der Waals surface area contributed by atoms with Crippen LogP contribution in [0.2, 0.25) is 0 Å². The molecule has 7 rings (SSSR count). The van der Waals surface area contributed by atoms with E-state index in [0.717, 1.165) is 38.8 Å². The summed E-state index contributed by atoms with van der Waals surface area (Å²) < 4.78 is 6.82. The molecule has 0 amide bonds. The first-order valence-electron chi connectivity index (χ1n) is 12.7. The Morgan fingerprint density at radius 1 is 0.925 bits per heavy atom. The second-order valence-corrected chi connectivity index (χ2v) is 10.2. The van der Waals surface area contributed by atoms with Crippen LogP contribution < -0.4 is 5.69 Å². The lowest BCUT2D eigenvalue weighted by Crippen LogP contribution is -2.19. The van der Waals surface area contributed by atoms with E-state index in [9.17, 15) is 14.7 Å². The summed E-state index contributed by atoms with van der Waals surface area (Å²) in [6.45, 7) is 2.04. The van der Waals surface area contributed by atoms with Crippen molar-refractivity contribution in [1.29, 1.82) is 0 Å². The summed E-state index contributed by atoms with van der Waals surface area (Å²) in [4.78, 5) is 33.6. The molecule has 0 aliphatic heterocycles. The zero-order valence-corrected chi connectivity index (χ0v) is 22.3. The van der Waals surface area contributed by atoms with Gasteiger partial charge < -0.3 is 10.1 Å². The molecule has 0 unspecified atom stereocenters. The number of fused-ring (bicyclic) bond motifs is 3. The first kappa shape index (κ1) is 23.7. The number of hydrogen-bond acceptors (Lipinski definition) is 4. The Kier molecular flexibility index (Phi) is 4.93. The molecule has 198 valence electrons. The number of carboxylic acids is 1. The van der Waals surface area contributed by atoms with Crippen molar-refractivity contribution in [3.8, 4) is 28.2 Å². The van der Waals surface area contributed by atoms with Crippen molar-refractivity contribution in [1.82, 2.24) is 33.4 Å². The molecule has 0 bridgehead atoms. The molecular formula is C30H25N7O3. The highest BCUT2D eigenvalue weighted by Crippen LogP contribution is 2.37. The first-order chi connectivity index (χ1) is 19.2. The van der Waals surface area contributed by atoms with Crippen molar-refractivity contribution in [2.24, 2.45) is 21.1 Å². The Hall–Kier alpha value is -5.38. The smallest absolute Gasteiger partial charge is 0.336 e. The van der Waals surface area contributed by atoms with E-state index < -0.39 is 5.97 Å². The number of aromatic nitrogens is 7. The van der Waals surface area contributed by atoms with Gasteiger partial charge in [-0.3, -0.25) is 18.4 Å². The highest BCUT2D eigenvalue weighted by molar-refractivity contribution is 6.03. The number of nitrogens with one attached hydrogen (secondary N) is 1. The molecule has 0 fully saturated rings. The fraction of sp³-hybridized carbons (Fsp3) is 0.133. The molecule has 0 spiro atoms. The molecule has 10 nitrogen and oxygen atoms in total. The predicted molar refractivity (Wildman–Crippen MR) is 154 cm³/mol. The molecule has 0 saturated carbocycles. The van der Waals surface area contributed by atoms with Crippen molar-refractivity contribution >= 4 is 38.9 Å². The van der Waals surface area contributed by atoms with Crippen molar-refractivity contribution < 1.29 is 9.90 Å².